The molecular formula is C23H33IN4O2S. The van der Waals surface area contributed by atoms with Gasteiger partial charge in [-0.3, -0.25) is 4.99 Å². The van der Waals surface area contributed by atoms with Gasteiger partial charge in [-0.25, -0.2) is 12.7 Å². The van der Waals surface area contributed by atoms with E-state index >= 15 is 0 Å². The average molecular weight is 557 g/mol. The first-order chi connectivity index (χ1) is 14.3. The molecule has 0 aromatic heterocycles. The van der Waals surface area contributed by atoms with Crippen LogP contribution >= 0.6 is 24.0 Å². The van der Waals surface area contributed by atoms with Gasteiger partial charge in [0.15, 0.2) is 5.96 Å². The molecule has 0 radical (unpaired) electrons. The number of likely N-dealkylation sites (tertiary alicyclic amines) is 1. The first-order valence-electron chi connectivity index (χ1n) is 10.4. The van der Waals surface area contributed by atoms with Crippen molar-refractivity contribution < 1.29 is 8.42 Å². The molecule has 1 saturated heterocycles. The Bertz CT molecular complexity index is 980. The minimum Gasteiger partial charge on any atom is -0.352 e. The Kier molecular flexibility index (Phi) is 9.32. The van der Waals surface area contributed by atoms with E-state index in [9.17, 15) is 8.42 Å². The summed E-state index contributed by atoms with van der Waals surface area (Å²) >= 11 is 0. The van der Waals surface area contributed by atoms with Crippen molar-refractivity contribution in [2.45, 2.75) is 30.7 Å². The van der Waals surface area contributed by atoms with Gasteiger partial charge in [0.1, 0.15) is 0 Å². The Morgan fingerprint density at radius 2 is 1.77 bits per heavy atom. The van der Waals surface area contributed by atoms with E-state index in [1.165, 1.54) is 9.87 Å². The zero-order valence-electron chi connectivity index (χ0n) is 18.7. The predicted octanol–water partition coefficient (Wildman–Crippen LogP) is 3.76. The lowest BCUT2D eigenvalue weighted by Gasteiger charge is -2.39. The molecule has 0 amide bonds. The number of halogens is 1. The molecule has 0 aliphatic carbocycles. The molecule has 0 bridgehead atoms. The highest BCUT2D eigenvalue weighted by Gasteiger charge is 2.29. The number of guanidine groups is 1. The quantitative estimate of drug-likeness (QED) is 0.346. The second kappa shape index (κ2) is 11.3. The maximum Gasteiger partial charge on any atom is 0.242 e. The molecule has 0 spiro atoms. The summed E-state index contributed by atoms with van der Waals surface area (Å²) in [5, 5.41) is 3.37. The van der Waals surface area contributed by atoms with Gasteiger partial charge in [0, 0.05) is 40.8 Å². The van der Waals surface area contributed by atoms with Gasteiger partial charge < -0.3 is 10.2 Å². The van der Waals surface area contributed by atoms with Gasteiger partial charge in [-0.2, -0.15) is 0 Å². The van der Waals surface area contributed by atoms with Crippen LogP contribution in [0, 0.1) is 5.92 Å². The summed E-state index contributed by atoms with van der Waals surface area (Å²) < 4.78 is 26.5. The largest absolute Gasteiger partial charge is 0.352 e. The van der Waals surface area contributed by atoms with Crippen molar-refractivity contribution in [2.75, 3.05) is 34.2 Å². The molecule has 1 aliphatic heterocycles. The summed E-state index contributed by atoms with van der Waals surface area (Å²) in [6.45, 7) is 4.52. The van der Waals surface area contributed by atoms with Gasteiger partial charge in [-0.15, -0.1) is 24.0 Å². The molecule has 1 heterocycles. The van der Waals surface area contributed by atoms with Crippen LogP contribution in [0.1, 0.15) is 30.4 Å². The molecule has 0 saturated carbocycles. The monoisotopic (exact) mass is 556 g/mol. The summed E-state index contributed by atoms with van der Waals surface area (Å²) in [4.78, 5) is 7.06. The number of sulfonamides is 1. The molecule has 2 aromatic carbocycles. The van der Waals surface area contributed by atoms with Gasteiger partial charge >= 0.3 is 0 Å². The third-order valence-corrected chi connectivity index (χ3v) is 7.73. The maximum atomic E-state index is 12.6. The van der Waals surface area contributed by atoms with E-state index in [2.05, 4.69) is 52.5 Å². The van der Waals surface area contributed by atoms with Crippen LogP contribution in [0.25, 0.3) is 0 Å². The summed E-state index contributed by atoms with van der Waals surface area (Å²) in [5.74, 6) is 1.86. The van der Waals surface area contributed by atoms with E-state index in [-0.39, 0.29) is 24.0 Å². The smallest absolute Gasteiger partial charge is 0.242 e. The Labute approximate surface area is 203 Å². The lowest BCUT2D eigenvalue weighted by molar-refractivity contribution is 0.234. The fourth-order valence-corrected chi connectivity index (χ4v) is 5.25. The predicted molar refractivity (Wildman–Crippen MR) is 137 cm³/mol. The molecular weight excluding hydrogens is 523 g/mol. The van der Waals surface area contributed by atoms with Crippen LogP contribution in [-0.2, 0) is 16.6 Å². The van der Waals surface area contributed by atoms with Crippen LogP contribution < -0.4 is 5.32 Å². The van der Waals surface area contributed by atoms with Crippen molar-refractivity contribution in [3.63, 3.8) is 0 Å². The lowest BCUT2D eigenvalue weighted by Crippen LogP contribution is -2.47. The third-order valence-electron chi connectivity index (χ3n) is 5.81. The summed E-state index contributed by atoms with van der Waals surface area (Å²) in [6.07, 6.45) is 1.07. The Hall–Kier alpha value is -1.65. The third kappa shape index (κ3) is 5.98. The molecule has 170 valence electrons. The molecule has 6 nitrogen and oxygen atoms in total. The minimum atomic E-state index is -3.49. The van der Waals surface area contributed by atoms with Gasteiger partial charge in [0.2, 0.25) is 10.0 Å². The summed E-state index contributed by atoms with van der Waals surface area (Å²) in [5.41, 5.74) is 2.13. The van der Waals surface area contributed by atoms with Gasteiger partial charge in [0.05, 0.1) is 4.90 Å². The standard InChI is InChI=1S/C23H32N4O2S.HI/c1-18-17-27(15-14-21(18)19-10-6-5-7-11-19)23(24-2)25-16-20-12-8-9-13-22(20)30(28,29)26(3)4;/h5-13,18,21H,14-17H2,1-4H3,(H,24,25);1H. The second-order valence-corrected chi connectivity index (χ2v) is 10.1. The van der Waals surface area contributed by atoms with Gasteiger partial charge in [0.25, 0.3) is 0 Å². The molecule has 3 rings (SSSR count). The zero-order chi connectivity index (χ0) is 21.7. The molecule has 2 aromatic rings. The highest BCUT2D eigenvalue weighted by atomic mass is 127. The van der Waals surface area contributed by atoms with Crippen molar-refractivity contribution >= 4 is 40.0 Å². The highest BCUT2D eigenvalue weighted by Crippen LogP contribution is 2.32. The van der Waals surface area contributed by atoms with Crippen molar-refractivity contribution in [3.8, 4) is 0 Å². The molecule has 31 heavy (non-hydrogen) atoms. The first kappa shape index (κ1) is 25.6. The van der Waals surface area contributed by atoms with Crippen LogP contribution in [0.3, 0.4) is 0 Å². The normalized spacial score (nSPS) is 19.8. The number of nitrogens with zero attached hydrogens (tertiary/aromatic N) is 3. The second-order valence-electron chi connectivity index (χ2n) is 8.03. The Morgan fingerprint density at radius 1 is 1.13 bits per heavy atom. The molecule has 1 aliphatic rings. The first-order valence-corrected chi connectivity index (χ1v) is 11.8. The zero-order valence-corrected chi connectivity index (χ0v) is 21.8. The van der Waals surface area contributed by atoms with Crippen molar-refractivity contribution in [1.29, 1.82) is 0 Å². The van der Waals surface area contributed by atoms with Crippen LogP contribution in [-0.4, -0.2) is 57.8 Å². The van der Waals surface area contributed by atoms with Gasteiger partial charge in [-0.1, -0.05) is 55.5 Å². The number of aliphatic imine (C=N–C) groups is 1. The molecule has 2 atom stereocenters. The van der Waals surface area contributed by atoms with Crippen LogP contribution in [0.15, 0.2) is 64.5 Å². The number of hydrogen-bond acceptors (Lipinski definition) is 3. The highest BCUT2D eigenvalue weighted by molar-refractivity contribution is 14.0. The minimum absolute atomic E-state index is 0. The number of piperidine rings is 1. The van der Waals surface area contributed by atoms with Crippen LogP contribution in [0.5, 0.6) is 0 Å². The summed E-state index contributed by atoms with van der Waals surface area (Å²) in [6, 6.07) is 17.8. The average Bonchev–Trinajstić information content (AvgIpc) is 2.75. The number of nitrogens with one attached hydrogen (secondary N) is 1. The van der Waals surface area contributed by atoms with E-state index in [1.807, 2.05) is 12.1 Å². The lowest BCUT2D eigenvalue weighted by atomic mass is 9.82. The molecule has 1 N–H and O–H groups in total. The fraction of sp³-hybridized carbons (Fsp3) is 0.435. The molecule has 1 fully saturated rings. The Morgan fingerprint density at radius 3 is 2.39 bits per heavy atom. The van der Waals surface area contributed by atoms with E-state index in [4.69, 9.17) is 0 Å². The summed E-state index contributed by atoms with van der Waals surface area (Å²) in [7, 11) is 1.39. The van der Waals surface area contributed by atoms with Crippen molar-refractivity contribution in [3.05, 3.63) is 65.7 Å². The van der Waals surface area contributed by atoms with Gasteiger partial charge in [-0.05, 0) is 35.4 Å². The Balaban J connectivity index is 0.00000341. The van der Waals surface area contributed by atoms with Crippen molar-refractivity contribution in [1.82, 2.24) is 14.5 Å². The van der Waals surface area contributed by atoms with Crippen molar-refractivity contribution in [2.24, 2.45) is 10.9 Å². The number of benzene rings is 2. The fourth-order valence-electron chi connectivity index (χ4n) is 4.14. The van der Waals surface area contributed by atoms with E-state index in [0.717, 1.165) is 31.0 Å². The molecule has 2 unspecified atom stereocenters. The maximum absolute atomic E-state index is 12.6. The topological polar surface area (TPSA) is 65.0 Å². The van der Waals surface area contributed by atoms with E-state index in [1.54, 1.807) is 33.3 Å². The van der Waals surface area contributed by atoms with E-state index in [0.29, 0.717) is 23.3 Å². The van der Waals surface area contributed by atoms with Crippen LogP contribution in [0.2, 0.25) is 0 Å². The number of rotatable bonds is 5. The van der Waals surface area contributed by atoms with Crippen LogP contribution in [0.4, 0.5) is 0 Å². The number of hydrogen-bond donors (Lipinski definition) is 1. The van der Waals surface area contributed by atoms with E-state index < -0.39 is 10.0 Å². The molecule has 8 heteroatoms. The SMILES string of the molecule is CN=C(NCc1ccccc1S(=O)(=O)N(C)C)N1CCC(c2ccccc2)C(C)C1.I.